The minimum atomic E-state index is -1.16. The molecule has 23 heavy (non-hydrogen) atoms. The number of nitro benzene ring substituents is 1. The quantitative estimate of drug-likeness (QED) is 0.490. The summed E-state index contributed by atoms with van der Waals surface area (Å²) in [6.45, 7) is 0. The fourth-order valence-electron chi connectivity index (χ4n) is 2.87. The van der Waals surface area contributed by atoms with Crippen LogP contribution >= 0.6 is 0 Å². The number of fused-ring (bicyclic) bond motifs is 2. The maximum Gasteiger partial charge on any atom is 0.310 e. The number of nitro groups is 1. The van der Waals surface area contributed by atoms with Crippen LogP contribution in [0.3, 0.4) is 0 Å². The third-order valence-electron chi connectivity index (χ3n) is 3.90. The summed E-state index contributed by atoms with van der Waals surface area (Å²) in [5.41, 5.74) is -0.763. The number of amides is 1. The molecule has 0 radical (unpaired) electrons. The van der Waals surface area contributed by atoms with Crippen molar-refractivity contribution in [2.24, 2.45) is 11.8 Å². The van der Waals surface area contributed by atoms with Crippen LogP contribution < -0.4 is 5.32 Å². The van der Waals surface area contributed by atoms with Gasteiger partial charge in [0.15, 0.2) is 0 Å². The van der Waals surface area contributed by atoms with Gasteiger partial charge in [-0.1, -0.05) is 12.2 Å². The van der Waals surface area contributed by atoms with Crippen molar-refractivity contribution in [1.29, 1.82) is 0 Å². The molecule has 1 aromatic carbocycles. The fraction of sp³-hybridized carbons (Fsp3) is 0.286. The molecule has 1 aromatic rings. The second-order valence-corrected chi connectivity index (χ2v) is 5.25. The summed E-state index contributed by atoms with van der Waals surface area (Å²) < 4.78 is 18.7. The number of benzene rings is 1. The van der Waals surface area contributed by atoms with Gasteiger partial charge in [-0.25, -0.2) is 0 Å². The Morgan fingerprint density at radius 2 is 1.91 bits per heavy atom. The van der Waals surface area contributed by atoms with E-state index in [1.807, 2.05) is 0 Å². The molecule has 0 unspecified atom stereocenters. The highest BCUT2D eigenvalue weighted by molar-refractivity contribution is 5.96. The third kappa shape index (κ3) is 2.55. The van der Waals surface area contributed by atoms with Crippen molar-refractivity contribution in [1.82, 2.24) is 0 Å². The zero-order chi connectivity index (χ0) is 16.7. The summed E-state index contributed by atoms with van der Waals surface area (Å²) in [4.78, 5) is 33.4. The molecule has 2 aliphatic heterocycles. The first-order valence-corrected chi connectivity index (χ1v) is 6.70. The predicted octanol–water partition coefficient (Wildman–Crippen LogP) is 1.33. The maximum absolute atomic E-state index is 13.3. The Morgan fingerprint density at radius 3 is 2.52 bits per heavy atom. The standard InChI is InChI=1S/C14H11FN2O6/c15-7-2-1-6(5-8(7)17(21)22)16-13(18)11-9-3-4-10(23-9)12(11)14(19)20/h1-5,9-12H,(H,16,18)(H,19,20)/t9-,10-,11+,12-/m0/s1. The molecule has 1 fully saturated rings. The number of halogens is 1. The van der Waals surface area contributed by atoms with Gasteiger partial charge in [-0.15, -0.1) is 0 Å². The number of rotatable bonds is 4. The van der Waals surface area contributed by atoms with Crippen molar-refractivity contribution in [3.05, 3.63) is 46.3 Å². The Hall–Kier alpha value is -2.81. The highest BCUT2D eigenvalue weighted by Gasteiger charge is 2.53. The lowest BCUT2D eigenvalue weighted by Gasteiger charge is -2.20. The maximum atomic E-state index is 13.3. The van der Waals surface area contributed by atoms with Crippen molar-refractivity contribution >= 4 is 23.3 Å². The molecule has 0 aromatic heterocycles. The fourth-order valence-corrected chi connectivity index (χ4v) is 2.87. The van der Waals surface area contributed by atoms with Gasteiger partial charge in [0, 0.05) is 11.8 Å². The van der Waals surface area contributed by atoms with E-state index >= 15 is 0 Å². The number of carboxylic acids is 1. The van der Waals surface area contributed by atoms with Crippen LogP contribution in [0.15, 0.2) is 30.4 Å². The average Bonchev–Trinajstić information content (AvgIpc) is 3.09. The third-order valence-corrected chi connectivity index (χ3v) is 3.90. The van der Waals surface area contributed by atoms with Gasteiger partial charge < -0.3 is 15.2 Å². The Morgan fingerprint density at radius 1 is 1.26 bits per heavy atom. The molecule has 120 valence electrons. The molecule has 0 spiro atoms. The summed E-state index contributed by atoms with van der Waals surface area (Å²) >= 11 is 0. The van der Waals surface area contributed by atoms with E-state index in [4.69, 9.17) is 4.74 Å². The number of carbonyl (C=O) groups excluding carboxylic acids is 1. The average molecular weight is 322 g/mol. The second kappa shape index (κ2) is 5.43. The summed E-state index contributed by atoms with van der Waals surface area (Å²) in [6, 6.07) is 2.91. The van der Waals surface area contributed by atoms with Crippen LogP contribution in [0.25, 0.3) is 0 Å². The number of aliphatic carboxylic acids is 1. The van der Waals surface area contributed by atoms with Crippen molar-refractivity contribution in [2.45, 2.75) is 12.2 Å². The van der Waals surface area contributed by atoms with E-state index in [0.29, 0.717) is 0 Å². The summed E-state index contributed by atoms with van der Waals surface area (Å²) in [5, 5.41) is 22.3. The Balaban J connectivity index is 1.82. The molecule has 8 nitrogen and oxygen atoms in total. The lowest BCUT2D eigenvalue weighted by molar-refractivity contribution is -0.387. The van der Waals surface area contributed by atoms with Crippen LogP contribution in [-0.4, -0.2) is 34.1 Å². The van der Waals surface area contributed by atoms with Crippen molar-refractivity contribution in [3.8, 4) is 0 Å². The minimum absolute atomic E-state index is 0.0130. The van der Waals surface area contributed by atoms with Crippen molar-refractivity contribution in [2.75, 3.05) is 5.32 Å². The Labute approximate surface area is 128 Å². The smallest absolute Gasteiger partial charge is 0.310 e. The van der Waals surface area contributed by atoms with Gasteiger partial charge in [-0.3, -0.25) is 19.7 Å². The first-order valence-electron chi connectivity index (χ1n) is 6.70. The van der Waals surface area contributed by atoms with E-state index < -0.39 is 52.3 Å². The number of anilines is 1. The van der Waals surface area contributed by atoms with E-state index in [2.05, 4.69) is 5.32 Å². The van der Waals surface area contributed by atoms with Gasteiger partial charge in [0.2, 0.25) is 11.7 Å². The molecular weight excluding hydrogens is 311 g/mol. The molecule has 9 heteroatoms. The van der Waals surface area contributed by atoms with E-state index in [1.165, 1.54) is 6.07 Å². The lowest BCUT2D eigenvalue weighted by atomic mass is 9.82. The SMILES string of the molecule is O=C(O)[C@@H]1[C@H](C(=O)Nc2ccc(F)c([N+](=O)[O-])c2)[C@@H]2C=C[C@@H]1O2. The van der Waals surface area contributed by atoms with Crippen molar-refractivity contribution < 1.29 is 28.7 Å². The highest BCUT2D eigenvalue weighted by atomic mass is 19.1. The van der Waals surface area contributed by atoms with Gasteiger partial charge >= 0.3 is 11.7 Å². The molecule has 2 aliphatic rings. The Bertz CT molecular complexity index is 734. The van der Waals surface area contributed by atoms with Gasteiger partial charge in [0.1, 0.15) is 5.92 Å². The summed E-state index contributed by atoms with van der Waals surface area (Å²) in [5.74, 6) is -4.81. The molecule has 3 rings (SSSR count). The normalized spacial score (nSPS) is 27.9. The first-order chi connectivity index (χ1) is 10.9. The number of carboxylic acid groups (broad SMARTS) is 1. The molecule has 2 heterocycles. The number of nitrogens with one attached hydrogen (secondary N) is 1. The van der Waals surface area contributed by atoms with Gasteiger partial charge in [-0.2, -0.15) is 4.39 Å². The summed E-state index contributed by atoms with van der Waals surface area (Å²) in [6.07, 6.45) is 1.88. The van der Waals surface area contributed by atoms with Gasteiger partial charge in [0.25, 0.3) is 0 Å². The molecule has 2 bridgehead atoms. The number of nitrogens with zero attached hydrogens (tertiary/aromatic N) is 1. The zero-order valence-corrected chi connectivity index (χ0v) is 11.5. The van der Waals surface area contributed by atoms with E-state index in [0.717, 1.165) is 12.1 Å². The summed E-state index contributed by atoms with van der Waals surface area (Å²) in [7, 11) is 0. The van der Waals surface area contributed by atoms with Crippen LogP contribution in [0, 0.1) is 27.8 Å². The van der Waals surface area contributed by atoms with E-state index in [-0.39, 0.29) is 5.69 Å². The van der Waals surface area contributed by atoms with Crippen molar-refractivity contribution in [3.63, 3.8) is 0 Å². The number of hydrogen-bond donors (Lipinski definition) is 2. The number of hydrogen-bond acceptors (Lipinski definition) is 5. The molecule has 2 N–H and O–H groups in total. The first kappa shape index (κ1) is 15.1. The number of carbonyl (C=O) groups is 2. The second-order valence-electron chi connectivity index (χ2n) is 5.25. The highest BCUT2D eigenvalue weighted by Crippen LogP contribution is 2.40. The predicted molar refractivity (Wildman–Crippen MR) is 74.1 cm³/mol. The lowest BCUT2D eigenvalue weighted by Crippen LogP contribution is -2.39. The van der Waals surface area contributed by atoms with Crippen LogP contribution in [0.4, 0.5) is 15.8 Å². The van der Waals surface area contributed by atoms with Crippen LogP contribution in [0.1, 0.15) is 0 Å². The van der Waals surface area contributed by atoms with E-state index in [1.54, 1.807) is 12.2 Å². The topological polar surface area (TPSA) is 119 Å². The molecule has 0 aliphatic carbocycles. The van der Waals surface area contributed by atoms with E-state index in [9.17, 15) is 29.2 Å². The van der Waals surface area contributed by atoms with Gasteiger partial charge in [-0.05, 0) is 12.1 Å². The van der Waals surface area contributed by atoms with Crippen LogP contribution in [-0.2, 0) is 14.3 Å². The van der Waals surface area contributed by atoms with Gasteiger partial charge in [0.05, 0.1) is 23.0 Å². The molecule has 1 amide bonds. The Kier molecular flexibility index (Phi) is 3.57. The minimum Gasteiger partial charge on any atom is -0.481 e. The molecule has 4 atom stereocenters. The molecule has 0 saturated carbocycles. The largest absolute Gasteiger partial charge is 0.481 e. The number of ether oxygens (including phenoxy) is 1. The van der Waals surface area contributed by atoms with Crippen LogP contribution in [0.5, 0.6) is 0 Å². The molecule has 1 saturated heterocycles. The molecular formula is C14H11FN2O6. The monoisotopic (exact) mass is 322 g/mol. The van der Waals surface area contributed by atoms with Crippen LogP contribution in [0.2, 0.25) is 0 Å². The zero-order valence-electron chi connectivity index (χ0n) is 11.5.